The lowest BCUT2D eigenvalue weighted by atomic mass is 9.49. The normalized spacial score (nSPS) is 39.9. The number of aliphatic hydroxyl groups is 2. The Balaban J connectivity index is 1.11. The van der Waals surface area contributed by atoms with Crippen molar-refractivity contribution in [3.05, 3.63) is 41.0 Å². The van der Waals surface area contributed by atoms with Gasteiger partial charge in [0, 0.05) is 42.5 Å². The van der Waals surface area contributed by atoms with Gasteiger partial charge in [-0.05, 0) is 106 Å². The summed E-state index contributed by atoms with van der Waals surface area (Å²) in [7, 11) is 0. The minimum absolute atomic E-state index is 0.115. The number of benzene rings is 1. The molecule has 2 heterocycles. The number of rotatable bonds is 5. The number of hydrogen-bond donors (Lipinski definition) is 3. The number of hydrogen-bond acceptors (Lipinski definition) is 7. The number of anilines is 1. The van der Waals surface area contributed by atoms with Crippen molar-refractivity contribution < 1.29 is 29.2 Å². The smallest absolute Gasteiger partial charge is 0.171 e. The van der Waals surface area contributed by atoms with Crippen LogP contribution in [0.3, 0.4) is 0 Å². The quantitative estimate of drug-likeness (QED) is 0.235. The summed E-state index contributed by atoms with van der Waals surface area (Å²) in [4.78, 5) is 0. The monoisotopic (exact) mass is 645 g/mol. The van der Waals surface area contributed by atoms with Crippen LogP contribution in [-0.2, 0) is 18.9 Å². The van der Waals surface area contributed by atoms with E-state index >= 15 is 0 Å². The third kappa shape index (κ3) is 5.89. The van der Waals surface area contributed by atoms with Gasteiger partial charge in [-0.2, -0.15) is 0 Å². The molecular weight excluding hydrogens is 590 g/mol. The molecule has 2 saturated heterocycles. The van der Waals surface area contributed by atoms with Crippen LogP contribution in [0.4, 0.5) is 5.69 Å². The van der Waals surface area contributed by atoms with Crippen LogP contribution in [0.15, 0.2) is 35.4 Å². The first-order valence-corrected chi connectivity index (χ1v) is 18.9. The SMILES string of the molecule is CC12CC(c3ccc(NC4CCCCC4)cc3)C3=C4CCC5(CC4(O)CCC3C1CCC2(O)C#CCOC1CCCCO1)OCCO5. The van der Waals surface area contributed by atoms with E-state index < -0.39 is 17.0 Å². The van der Waals surface area contributed by atoms with Gasteiger partial charge in [-0.3, -0.25) is 0 Å². The fraction of sp³-hybridized carbons (Fsp3) is 0.750. The molecule has 7 atom stereocenters. The average Bonchev–Trinajstić information content (AvgIpc) is 3.64. The van der Waals surface area contributed by atoms with E-state index in [1.165, 1.54) is 54.5 Å². The van der Waals surface area contributed by atoms with Crippen molar-refractivity contribution in [1.82, 2.24) is 0 Å². The van der Waals surface area contributed by atoms with Crippen LogP contribution in [-0.4, -0.2) is 66.0 Å². The van der Waals surface area contributed by atoms with Gasteiger partial charge >= 0.3 is 0 Å². The standard InChI is InChI=1S/C40H55NO6/c1-37-26-32(28-11-13-30(14-12-28)41-29-8-3-2-4-9-29)36-31(15-19-38(42)27-40(21-17-34(36)38)46-24-25-47-40)33(37)16-20-39(37,43)18-7-23-45-35-10-5-6-22-44-35/h11-14,29,31-33,35,41-43H,2-6,8-10,15-17,19-27H2,1H3. The van der Waals surface area contributed by atoms with E-state index in [0.29, 0.717) is 50.4 Å². The molecule has 7 heteroatoms. The summed E-state index contributed by atoms with van der Waals surface area (Å²) in [6.45, 7) is 4.54. The van der Waals surface area contributed by atoms with Crippen LogP contribution in [0.2, 0.25) is 0 Å². The van der Waals surface area contributed by atoms with Crippen LogP contribution < -0.4 is 5.32 Å². The summed E-state index contributed by atoms with van der Waals surface area (Å²) in [6.07, 6.45) is 15.6. The van der Waals surface area contributed by atoms with Gasteiger partial charge in [0.05, 0.1) is 18.8 Å². The summed E-state index contributed by atoms with van der Waals surface area (Å²) in [5.74, 6) is 6.71. The zero-order valence-electron chi connectivity index (χ0n) is 28.4. The van der Waals surface area contributed by atoms with Gasteiger partial charge in [0.1, 0.15) is 12.2 Å². The highest BCUT2D eigenvalue weighted by atomic mass is 16.7. The molecule has 3 N–H and O–H groups in total. The Morgan fingerprint density at radius 1 is 0.894 bits per heavy atom. The van der Waals surface area contributed by atoms with E-state index in [1.54, 1.807) is 0 Å². The second-order valence-electron chi connectivity index (χ2n) is 16.1. The lowest BCUT2D eigenvalue weighted by Gasteiger charge is -2.57. The predicted molar refractivity (Wildman–Crippen MR) is 181 cm³/mol. The number of fused-ring (bicyclic) bond motifs is 4. The molecule has 47 heavy (non-hydrogen) atoms. The van der Waals surface area contributed by atoms with E-state index in [0.717, 1.165) is 58.0 Å². The van der Waals surface area contributed by atoms with Crippen LogP contribution in [0.5, 0.6) is 0 Å². The first-order chi connectivity index (χ1) is 22.8. The molecular formula is C40H55NO6. The summed E-state index contributed by atoms with van der Waals surface area (Å²) in [5.41, 5.74) is 2.79. The molecule has 6 fully saturated rings. The average molecular weight is 646 g/mol. The maximum atomic E-state index is 12.4. The molecule has 8 rings (SSSR count). The van der Waals surface area contributed by atoms with E-state index in [1.807, 2.05) is 0 Å². The van der Waals surface area contributed by atoms with E-state index in [-0.39, 0.29) is 24.2 Å². The number of allylic oxidation sites excluding steroid dienone is 1. The highest BCUT2D eigenvalue weighted by Crippen LogP contribution is 2.68. The molecule has 1 aromatic carbocycles. The molecule has 4 saturated carbocycles. The Hall–Kier alpha value is -1.92. The molecule has 0 amide bonds. The molecule has 2 aliphatic heterocycles. The second kappa shape index (κ2) is 12.8. The largest absolute Gasteiger partial charge is 0.385 e. The van der Waals surface area contributed by atoms with Crippen molar-refractivity contribution >= 4 is 5.69 Å². The van der Waals surface area contributed by atoms with Crippen LogP contribution in [0.1, 0.15) is 121 Å². The Bertz CT molecular complexity index is 1380. The Labute approximate surface area is 281 Å². The third-order valence-electron chi connectivity index (χ3n) is 13.4. The van der Waals surface area contributed by atoms with E-state index in [9.17, 15) is 10.2 Å². The van der Waals surface area contributed by atoms with Crippen molar-refractivity contribution in [2.75, 3.05) is 31.7 Å². The molecule has 0 aromatic heterocycles. The minimum Gasteiger partial charge on any atom is -0.385 e. The topological polar surface area (TPSA) is 89.4 Å². The Kier molecular flexibility index (Phi) is 8.77. The number of nitrogens with one attached hydrogen (secondary N) is 1. The minimum atomic E-state index is -1.08. The van der Waals surface area contributed by atoms with Gasteiger partial charge in [0.25, 0.3) is 0 Å². The maximum Gasteiger partial charge on any atom is 0.171 e. The molecule has 7 unspecified atom stereocenters. The summed E-state index contributed by atoms with van der Waals surface area (Å²) < 4.78 is 24.0. The fourth-order valence-electron chi connectivity index (χ4n) is 11.0. The third-order valence-corrected chi connectivity index (χ3v) is 13.4. The van der Waals surface area contributed by atoms with Gasteiger partial charge in [-0.1, -0.05) is 55.7 Å². The van der Waals surface area contributed by atoms with Crippen molar-refractivity contribution in [3.8, 4) is 11.8 Å². The molecule has 0 bridgehead atoms. The molecule has 7 aliphatic rings. The zero-order chi connectivity index (χ0) is 32.1. The highest BCUT2D eigenvalue weighted by Gasteiger charge is 2.64. The van der Waals surface area contributed by atoms with Crippen LogP contribution in [0, 0.1) is 29.1 Å². The van der Waals surface area contributed by atoms with Crippen LogP contribution in [0.25, 0.3) is 0 Å². The molecule has 7 nitrogen and oxygen atoms in total. The molecule has 256 valence electrons. The molecule has 0 radical (unpaired) electrons. The maximum absolute atomic E-state index is 12.4. The lowest BCUT2D eigenvalue weighted by Crippen LogP contribution is -2.55. The Morgan fingerprint density at radius 3 is 2.45 bits per heavy atom. The summed E-state index contributed by atoms with van der Waals surface area (Å²) >= 11 is 0. The van der Waals surface area contributed by atoms with Gasteiger partial charge in [-0.15, -0.1) is 0 Å². The van der Waals surface area contributed by atoms with Gasteiger partial charge in [0.15, 0.2) is 12.1 Å². The van der Waals surface area contributed by atoms with Crippen molar-refractivity contribution in [2.24, 2.45) is 17.3 Å². The number of ether oxygens (including phenoxy) is 4. The van der Waals surface area contributed by atoms with Crippen molar-refractivity contribution in [3.63, 3.8) is 0 Å². The lowest BCUT2D eigenvalue weighted by molar-refractivity contribution is -0.208. The second-order valence-corrected chi connectivity index (χ2v) is 16.1. The first kappa shape index (κ1) is 32.3. The molecule has 1 aromatic rings. The van der Waals surface area contributed by atoms with Gasteiger partial charge in [-0.25, -0.2) is 0 Å². The first-order valence-electron chi connectivity index (χ1n) is 18.9. The summed E-state index contributed by atoms with van der Waals surface area (Å²) in [5, 5.41) is 28.6. The van der Waals surface area contributed by atoms with Crippen LogP contribution >= 0.6 is 0 Å². The highest BCUT2D eigenvalue weighted by molar-refractivity contribution is 5.50. The van der Waals surface area contributed by atoms with E-state index in [2.05, 4.69) is 48.3 Å². The zero-order valence-corrected chi connectivity index (χ0v) is 28.4. The van der Waals surface area contributed by atoms with E-state index in [4.69, 9.17) is 18.9 Å². The molecule has 5 aliphatic carbocycles. The van der Waals surface area contributed by atoms with Crippen molar-refractivity contribution in [2.45, 2.75) is 145 Å². The van der Waals surface area contributed by atoms with Gasteiger partial charge < -0.3 is 34.5 Å². The fourth-order valence-corrected chi connectivity index (χ4v) is 11.0. The Morgan fingerprint density at radius 2 is 1.68 bits per heavy atom. The summed E-state index contributed by atoms with van der Waals surface area (Å²) in [6, 6.07) is 9.69. The predicted octanol–water partition coefficient (Wildman–Crippen LogP) is 6.98. The van der Waals surface area contributed by atoms with Crippen molar-refractivity contribution in [1.29, 1.82) is 0 Å². The molecule has 1 spiro atoms. The van der Waals surface area contributed by atoms with Gasteiger partial charge in [0.2, 0.25) is 0 Å².